The van der Waals surface area contributed by atoms with Crippen LogP contribution in [0.3, 0.4) is 0 Å². The van der Waals surface area contributed by atoms with Gasteiger partial charge in [-0.3, -0.25) is 4.79 Å². The van der Waals surface area contributed by atoms with E-state index in [2.05, 4.69) is 12.2 Å². The van der Waals surface area contributed by atoms with Gasteiger partial charge in [0.25, 0.3) is 0 Å². The van der Waals surface area contributed by atoms with Crippen molar-refractivity contribution in [2.45, 2.75) is 37.5 Å². The van der Waals surface area contributed by atoms with E-state index in [0.717, 1.165) is 19.3 Å². The molecule has 1 aliphatic heterocycles. The maximum atomic E-state index is 12.7. The van der Waals surface area contributed by atoms with E-state index in [1.807, 2.05) is 0 Å². The summed E-state index contributed by atoms with van der Waals surface area (Å²) in [5.41, 5.74) is 0.438. The van der Waals surface area contributed by atoms with Crippen molar-refractivity contribution in [3.8, 4) is 0 Å². The van der Waals surface area contributed by atoms with Crippen LogP contribution in [0.15, 0.2) is 23.1 Å². The van der Waals surface area contributed by atoms with Crippen molar-refractivity contribution in [2.75, 3.05) is 31.6 Å². The maximum absolute atomic E-state index is 12.7. The van der Waals surface area contributed by atoms with Gasteiger partial charge < -0.3 is 10.1 Å². The number of amides is 1. The topological polar surface area (TPSA) is 75.7 Å². The normalized spacial score (nSPS) is 16.1. The summed E-state index contributed by atoms with van der Waals surface area (Å²) >= 11 is 6.09. The van der Waals surface area contributed by atoms with Crippen LogP contribution in [-0.2, 0) is 19.6 Å². The zero-order valence-corrected chi connectivity index (χ0v) is 15.3. The number of halogens is 1. The Labute approximate surface area is 148 Å². The van der Waals surface area contributed by atoms with E-state index in [1.165, 1.54) is 16.4 Å². The number of carbonyl (C=O) groups excluding carboxylic acids is 1. The molecule has 0 unspecified atom stereocenters. The highest BCUT2D eigenvalue weighted by Crippen LogP contribution is 2.28. The van der Waals surface area contributed by atoms with E-state index in [1.54, 1.807) is 6.07 Å². The van der Waals surface area contributed by atoms with Crippen molar-refractivity contribution in [1.29, 1.82) is 0 Å². The summed E-state index contributed by atoms with van der Waals surface area (Å²) in [6.07, 6.45) is 3.26. The summed E-state index contributed by atoms with van der Waals surface area (Å²) in [4.78, 5) is 11.9. The molecule has 0 radical (unpaired) electrons. The Morgan fingerprint density at radius 3 is 2.67 bits per heavy atom. The van der Waals surface area contributed by atoms with Crippen molar-refractivity contribution in [3.63, 3.8) is 0 Å². The molecule has 1 saturated heterocycles. The number of ether oxygens (including phenoxy) is 1. The second-order valence-electron chi connectivity index (χ2n) is 5.67. The highest BCUT2D eigenvalue weighted by Gasteiger charge is 2.28. The number of anilines is 1. The molecule has 6 nitrogen and oxygen atoms in total. The van der Waals surface area contributed by atoms with Crippen molar-refractivity contribution in [2.24, 2.45) is 0 Å². The molecule has 134 valence electrons. The number of nitrogens with one attached hydrogen (secondary N) is 1. The van der Waals surface area contributed by atoms with Gasteiger partial charge >= 0.3 is 0 Å². The van der Waals surface area contributed by atoms with E-state index in [9.17, 15) is 13.2 Å². The van der Waals surface area contributed by atoms with Gasteiger partial charge in [-0.15, -0.1) is 0 Å². The number of hydrogen-bond donors (Lipinski definition) is 1. The fraction of sp³-hybridized carbons (Fsp3) is 0.562. The standard InChI is InChI=1S/C16H23ClN2O4S/c1-2-3-4-5-16(20)18-13-6-7-14(17)15(12-13)24(21,22)19-8-10-23-11-9-19/h6-7,12H,2-5,8-11H2,1H3,(H,18,20). The molecule has 1 amide bonds. The number of hydrogen-bond acceptors (Lipinski definition) is 4. The van der Waals surface area contributed by atoms with Gasteiger partial charge in [0.2, 0.25) is 15.9 Å². The lowest BCUT2D eigenvalue weighted by molar-refractivity contribution is -0.116. The van der Waals surface area contributed by atoms with Crippen LogP contribution in [0.25, 0.3) is 0 Å². The quantitative estimate of drug-likeness (QED) is 0.744. The van der Waals surface area contributed by atoms with Gasteiger partial charge in [0.15, 0.2) is 0 Å². The molecule has 1 heterocycles. The lowest BCUT2D eigenvalue weighted by atomic mass is 10.2. The third-order valence-electron chi connectivity index (χ3n) is 3.81. The SMILES string of the molecule is CCCCCC(=O)Nc1ccc(Cl)c(S(=O)(=O)N2CCOCC2)c1. The highest BCUT2D eigenvalue weighted by atomic mass is 35.5. The van der Waals surface area contributed by atoms with E-state index in [0.29, 0.717) is 38.4 Å². The smallest absolute Gasteiger partial charge is 0.244 e. The van der Waals surface area contributed by atoms with Crippen LogP contribution in [0, 0.1) is 0 Å². The molecule has 1 N–H and O–H groups in total. The average molecular weight is 375 g/mol. The van der Waals surface area contributed by atoms with Gasteiger partial charge in [-0.25, -0.2) is 8.42 Å². The van der Waals surface area contributed by atoms with Crippen molar-refractivity contribution in [1.82, 2.24) is 4.31 Å². The molecule has 8 heteroatoms. The molecule has 1 aliphatic rings. The molecule has 1 fully saturated rings. The van der Waals surface area contributed by atoms with Gasteiger partial charge in [0.05, 0.1) is 18.2 Å². The highest BCUT2D eigenvalue weighted by molar-refractivity contribution is 7.89. The van der Waals surface area contributed by atoms with Gasteiger partial charge in [-0.2, -0.15) is 4.31 Å². The van der Waals surface area contributed by atoms with Gasteiger partial charge in [0, 0.05) is 25.2 Å². The Kier molecular flexibility index (Phi) is 7.03. The first-order chi connectivity index (χ1) is 11.4. The minimum atomic E-state index is -3.70. The summed E-state index contributed by atoms with van der Waals surface area (Å²) in [6.45, 7) is 3.40. The van der Waals surface area contributed by atoms with Crippen LogP contribution in [0.2, 0.25) is 5.02 Å². The van der Waals surface area contributed by atoms with Crippen LogP contribution in [0.4, 0.5) is 5.69 Å². The van der Waals surface area contributed by atoms with Crippen molar-refractivity contribution in [3.05, 3.63) is 23.2 Å². The van der Waals surface area contributed by atoms with Crippen LogP contribution in [-0.4, -0.2) is 44.9 Å². The summed E-state index contributed by atoms with van der Waals surface area (Å²) < 4.78 is 32.0. The number of nitrogens with zero attached hydrogens (tertiary/aromatic N) is 1. The summed E-state index contributed by atoms with van der Waals surface area (Å²) in [5, 5.41) is 2.88. The van der Waals surface area contributed by atoms with Crippen LogP contribution < -0.4 is 5.32 Å². The van der Waals surface area contributed by atoms with E-state index < -0.39 is 10.0 Å². The number of sulfonamides is 1. The van der Waals surface area contributed by atoms with E-state index >= 15 is 0 Å². The minimum absolute atomic E-state index is 0.0115. The van der Waals surface area contributed by atoms with Crippen molar-refractivity contribution >= 4 is 33.2 Å². The summed E-state index contributed by atoms with van der Waals surface area (Å²) in [6, 6.07) is 4.53. The monoisotopic (exact) mass is 374 g/mol. The zero-order valence-electron chi connectivity index (χ0n) is 13.8. The Morgan fingerprint density at radius 2 is 2.00 bits per heavy atom. The van der Waals surface area contributed by atoms with Crippen LogP contribution in [0.1, 0.15) is 32.6 Å². The zero-order chi connectivity index (χ0) is 17.6. The summed E-state index contributed by atoms with van der Waals surface area (Å²) in [5.74, 6) is -0.125. The third kappa shape index (κ3) is 4.92. The Balaban J connectivity index is 2.14. The number of carbonyl (C=O) groups is 1. The molecule has 0 atom stereocenters. The first-order valence-corrected chi connectivity index (χ1v) is 9.94. The van der Waals surface area contributed by atoms with Gasteiger partial charge in [0.1, 0.15) is 4.90 Å². The third-order valence-corrected chi connectivity index (χ3v) is 6.19. The van der Waals surface area contributed by atoms with E-state index in [4.69, 9.17) is 16.3 Å². The number of rotatable bonds is 7. The average Bonchev–Trinajstić information content (AvgIpc) is 2.57. The molecule has 0 aromatic heterocycles. The van der Waals surface area contributed by atoms with Gasteiger partial charge in [-0.1, -0.05) is 31.4 Å². The predicted octanol–water partition coefficient (Wildman–Crippen LogP) is 2.88. The molecule has 1 aromatic carbocycles. The fourth-order valence-corrected chi connectivity index (χ4v) is 4.37. The minimum Gasteiger partial charge on any atom is -0.379 e. The second-order valence-corrected chi connectivity index (χ2v) is 7.98. The van der Waals surface area contributed by atoms with Crippen molar-refractivity contribution < 1.29 is 17.9 Å². The number of morpholine rings is 1. The second kappa shape index (κ2) is 8.80. The maximum Gasteiger partial charge on any atom is 0.244 e. The summed E-state index contributed by atoms with van der Waals surface area (Å²) in [7, 11) is -3.70. The Hall–Kier alpha value is -1.15. The Morgan fingerprint density at radius 1 is 1.29 bits per heavy atom. The number of benzene rings is 1. The largest absolute Gasteiger partial charge is 0.379 e. The lowest BCUT2D eigenvalue weighted by Crippen LogP contribution is -2.40. The molecule has 0 saturated carbocycles. The fourth-order valence-electron chi connectivity index (χ4n) is 2.46. The molecule has 0 bridgehead atoms. The number of unbranched alkanes of at least 4 members (excludes halogenated alkanes) is 2. The molecule has 1 aromatic rings. The van der Waals surface area contributed by atoms with Gasteiger partial charge in [-0.05, 0) is 24.6 Å². The first-order valence-electron chi connectivity index (χ1n) is 8.12. The predicted molar refractivity (Wildman–Crippen MR) is 93.8 cm³/mol. The molecule has 24 heavy (non-hydrogen) atoms. The Bertz CT molecular complexity index is 673. The lowest BCUT2D eigenvalue weighted by Gasteiger charge is -2.26. The van der Waals surface area contributed by atoms with E-state index in [-0.39, 0.29) is 15.8 Å². The molecular formula is C16H23ClN2O4S. The molecule has 0 spiro atoms. The molecule has 0 aliphatic carbocycles. The molecule has 2 rings (SSSR count). The van der Waals surface area contributed by atoms with Crippen LogP contribution >= 0.6 is 11.6 Å². The first kappa shape index (κ1) is 19.2. The van der Waals surface area contributed by atoms with Crippen LogP contribution in [0.5, 0.6) is 0 Å². The molecular weight excluding hydrogens is 352 g/mol.